The number of nitrogens with one attached hydrogen (secondary N) is 1. The van der Waals surface area contributed by atoms with Gasteiger partial charge in [-0.15, -0.1) is 0 Å². The monoisotopic (exact) mass is 202 g/mol. The van der Waals surface area contributed by atoms with Crippen molar-refractivity contribution >= 4 is 11.9 Å². The largest absolute Gasteiger partial charge is 0.481 e. The van der Waals surface area contributed by atoms with Gasteiger partial charge in [-0.3, -0.25) is 9.59 Å². The van der Waals surface area contributed by atoms with Crippen molar-refractivity contribution in [3.05, 3.63) is 0 Å². The van der Waals surface area contributed by atoms with Gasteiger partial charge in [0.15, 0.2) is 0 Å². The molecule has 82 valence electrons. The second-order valence-corrected chi connectivity index (χ2v) is 4.22. The number of rotatable bonds is 4. The highest BCUT2D eigenvalue weighted by Crippen LogP contribution is 2.26. The van der Waals surface area contributed by atoms with E-state index >= 15 is 0 Å². The van der Waals surface area contributed by atoms with Crippen LogP contribution in [-0.2, 0) is 9.59 Å². The van der Waals surface area contributed by atoms with Crippen molar-refractivity contribution in [1.82, 2.24) is 5.32 Å². The summed E-state index contributed by atoms with van der Waals surface area (Å²) < 4.78 is 0. The fourth-order valence-electron chi connectivity index (χ4n) is 1.17. The highest BCUT2D eigenvalue weighted by molar-refractivity contribution is 5.97. The number of amides is 1. The van der Waals surface area contributed by atoms with E-state index in [9.17, 15) is 9.59 Å². The van der Waals surface area contributed by atoms with Crippen LogP contribution >= 0.6 is 0 Å². The van der Waals surface area contributed by atoms with Crippen LogP contribution in [0.2, 0.25) is 0 Å². The molecule has 0 fully saturated rings. The Hall–Kier alpha value is -1.10. The lowest BCUT2D eigenvalue weighted by atomic mass is 9.80. The van der Waals surface area contributed by atoms with Crippen molar-refractivity contribution in [3.63, 3.8) is 0 Å². The Bertz CT molecular complexity index is 221. The second kappa shape index (κ2) is 4.95. The third-order valence-electron chi connectivity index (χ3n) is 1.82. The van der Waals surface area contributed by atoms with Gasteiger partial charge in [0, 0.05) is 13.1 Å². The molecule has 0 aromatic heterocycles. The van der Waals surface area contributed by atoms with Gasteiger partial charge in [0.1, 0.15) is 5.92 Å². The molecule has 0 bridgehead atoms. The van der Waals surface area contributed by atoms with Crippen molar-refractivity contribution in [2.45, 2.75) is 20.8 Å². The molecule has 0 radical (unpaired) electrons. The van der Waals surface area contributed by atoms with Gasteiger partial charge in [0.25, 0.3) is 0 Å². The lowest BCUT2D eigenvalue weighted by Gasteiger charge is -2.25. The molecular weight excluding hydrogens is 184 g/mol. The number of nitrogens with two attached hydrogens (primary N) is 1. The van der Waals surface area contributed by atoms with Gasteiger partial charge < -0.3 is 16.2 Å². The van der Waals surface area contributed by atoms with Crippen LogP contribution < -0.4 is 11.1 Å². The second-order valence-electron chi connectivity index (χ2n) is 4.22. The fraction of sp³-hybridized carbons (Fsp3) is 0.778. The minimum atomic E-state index is -1.10. The molecular formula is C9H18N2O3. The molecule has 0 aliphatic heterocycles. The summed E-state index contributed by atoms with van der Waals surface area (Å²) in [6.45, 7) is 5.76. The summed E-state index contributed by atoms with van der Waals surface area (Å²) in [4.78, 5) is 22.3. The molecule has 1 atom stereocenters. The Morgan fingerprint density at radius 3 is 2.21 bits per heavy atom. The molecule has 0 saturated heterocycles. The molecule has 1 amide bonds. The van der Waals surface area contributed by atoms with Crippen LogP contribution in [0.4, 0.5) is 0 Å². The number of carboxylic acids is 1. The van der Waals surface area contributed by atoms with Crippen LogP contribution in [0.15, 0.2) is 0 Å². The Labute approximate surface area is 83.7 Å². The summed E-state index contributed by atoms with van der Waals surface area (Å²) in [6, 6.07) is 0. The summed E-state index contributed by atoms with van der Waals surface area (Å²) in [5.41, 5.74) is 4.61. The van der Waals surface area contributed by atoms with Crippen LogP contribution in [0.1, 0.15) is 20.8 Å². The first-order valence-corrected chi connectivity index (χ1v) is 4.51. The van der Waals surface area contributed by atoms with Crippen LogP contribution in [-0.4, -0.2) is 30.1 Å². The van der Waals surface area contributed by atoms with Gasteiger partial charge in [-0.25, -0.2) is 0 Å². The molecule has 5 nitrogen and oxygen atoms in total. The number of aliphatic carboxylic acids is 1. The van der Waals surface area contributed by atoms with E-state index in [0.717, 1.165) is 0 Å². The normalized spacial score (nSPS) is 13.4. The van der Waals surface area contributed by atoms with Gasteiger partial charge in [0.2, 0.25) is 5.91 Å². The number of carbonyl (C=O) groups is 2. The number of carboxylic acid groups (broad SMARTS) is 1. The predicted molar refractivity (Wildman–Crippen MR) is 52.6 cm³/mol. The van der Waals surface area contributed by atoms with Crippen molar-refractivity contribution in [2.24, 2.45) is 17.1 Å². The first-order chi connectivity index (χ1) is 6.30. The molecule has 0 aliphatic carbocycles. The molecule has 0 aliphatic rings. The average molecular weight is 202 g/mol. The van der Waals surface area contributed by atoms with Crippen molar-refractivity contribution in [3.8, 4) is 0 Å². The van der Waals surface area contributed by atoms with E-state index in [1.807, 2.05) is 0 Å². The Morgan fingerprint density at radius 1 is 1.43 bits per heavy atom. The maximum atomic E-state index is 11.4. The van der Waals surface area contributed by atoms with Gasteiger partial charge in [-0.05, 0) is 5.41 Å². The van der Waals surface area contributed by atoms with E-state index in [1.165, 1.54) is 0 Å². The third-order valence-corrected chi connectivity index (χ3v) is 1.82. The lowest BCUT2D eigenvalue weighted by Crippen LogP contribution is -2.44. The van der Waals surface area contributed by atoms with E-state index in [-0.39, 0.29) is 0 Å². The SMILES string of the molecule is CC(C)(C)C(C(=O)O)C(=O)NCCN. The summed E-state index contributed by atoms with van der Waals surface area (Å²) in [6.07, 6.45) is 0. The summed E-state index contributed by atoms with van der Waals surface area (Å²) in [5, 5.41) is 11.4. The van der Waals surface area contributed by atoms with Crippen molar-refractivity contribution in [2.75, 3.05) is 13.1 Å². The molecule has 14 heavy (non-hydrogen) atoms. The maximum absolute atomic E-state index is 11.4. The van der Waals surface area contributed by atoms with Crippen LogP contribution in [0.3, 0.4) is 0 Å². The highest BCUT2D eigenvalue weighted by atomic mass is 16.4. The maximum Gasteiger partial charge on any atom is 0.316 e. The first kappa shape index (κ1) is 12.9. The van der Waals surface area contributed by atoms with Crippen LogP contribution in [0.5, 0.6) is 0 Å². The van der Waals surface area contributed by atoms with Gasteiger partial charge in [0.05, 0.1) is 0 Å². The molecule has 4 N–H and O–H groups in total. The van der Waals surface area contributed by atoms with E-state index in [2.05, 4.69) is 5.32 Å². The summed E-state index contributed by atoms with van der Waals surface area (Å²) >= 11 is 0. The zero-order chi connectivity index (χ0) is 11.4. The number of carbonyl (C=O) groups excluding carboxylic acids is 1. The quantitative estimate of drug-likeness (QED) is 0.551. The van der Waals surface area contributed by atoms with E-state index in [1.54, 1.807) is 20.8 Å². The van der Waals surface area contributed by atoms with Crippen LogP contribution in [0.25, 0.3) is 0 Å². The topological polar surface area (TPSA) is 92.4 Å². The predicted octanol–water partition coefficient (Wildman–Crippen LogP) is -0.192. The average Bonchev–Trinajstić information content (AvgIpc) is 1.97. The van der Waals surface area contributed by atoms with Crippen molar-refractivity contribution < 1.29 is 14.7 Å². The minimum Gasteiger partial charge on any atom is -0.481 e. The smallest absolute Gasteiger partial charge is 0.316 e. The molecule has 0 heterocycles. The van der Waals surface area contributed by atoms with Gasteiger partial charge in [-0.2, -0.15) is 0 Å². The lowest BCUT2D eigenvalue weighted by molar-refractivity contribution is -0.151. The zero-order valence-corrected chi connectivity index (χ0v) is 8.83. The number of hydrogen-bond acceptors (Lipinski definition) is 3. The molecule has 0 aromatic rings. The van der Waals surface area contributed by atoms with E-state index in [0.29, 0.717) is 13.1 Å². The summed E-state index contributed by atoms with van der Waals surface area (Å²) in [7, 11) is 0. The van der Waals surface area contributed by atoms with Gasteiger partial charge >= 0.3 is 5.97 Å². The molecule has 1 unspecified atom stereocenters. The fourth-order valence-corrected chi connectivity index (χ4v) is 1.17. The van der Waals surface area contributed by atoms with Crippen LogP contribution in [0, 0.1) is 11.3 Å². The third kappa shape index (κ3) is 3.74. The molecule has 0 rings (SSSR count). The molecule has 0 saturated carbocycles. The Morgan fingerprint density at radius 2 is 1.93 bits per heavy atom. The first-order valence-electron chi connectivity index (χ1n) is 4.51. The Balaban J connectivity index is 4.51. The van der Waals surface area contributed by atoms with E-state index in [4.69, 9.17) is 10.8 Å². The number of hydrogen-bond donors (Lipinski definition) is 3. The van der Waals surface area contributed by atoms with E-state index < -0.39 is 23.2 Å². The minimum absolute atomic E-state index is 0.304. The molecule has 5 heteroatoms. The summed E-state index contributed by atoms with van der Waals surface area (Å²) in [5.74, 6) is -2.61. The molecule has 0 spiro atoms. The zero-order valence-electron chi connectivity index (χ0n) is 8.83. The van der Waals surface area contributed by atoms with Crippen molar-refractivity contribution in [1.29, 1.82) is 0 Å². The highest BCUT2D eigenvalue weighted by Gasteiger charge is 2.37. The standard InChI is InChI=1S/C9H18N2O3/c1-9(2,3)6(8(13)14)7(12)11-5-4-10/h6H,4-5,10H2,1-3H3,(H,11,12)(H,13,14). The van der Waals surface area contributed by atoms with Gasteiger partial charge in [-0.1, -0.05) is 20.8 Å². The molecule has 0 aromatic carbocycles. The Kier molecular flexibility index (Phi) is 4.56.